The van der Waals surface area contributed by atoms with E-state index in [0.29, 0.717) is 29.4 Å². The van der Waals surface area contributed by atoms with Crippen molar-refractivity contribution in [1.29, 1.82) is 5.26 Å². The fourth-order valence-electron chi connectivity index (χ4n) is 3.68. The van der Waals surface area contributed by atoms with E-state index in [1.165, 1.54) is 6.42 Å². The molecule has 0 bridgehead atoms. The monoisotopic (exact) mass is 268 g/mol. The molecule has 0 aliphatic heterocycles. The lowest BCUT2D eigenvalue weighted by atomic mass is 9.80. The third-order valence-corrected chi connectivity index (χ3v) is 4.36. The van der Waals surface area contributed by atoms with Crippen molar-refractivity contribution in [2.75, 3.05) is 5.73 Å². The molecule has 2 atom stereocenters. The van der Waals surface area contributed by atoms with Gasteiger partial charge in [0.1, 0.15) is 0 Å². The molecule has 20 heavy (non-hydrogen) atoms. The molecule has 1 saturated carbocycles. The number of hydrogen-bond donors (Lipinski definition) is 1. The van der Waals surface area contributed by atoms with E-state index in [9.17, 15) is 0 Å². The van der Waals surface area contributed by atoms with Crippen LogP contribution in [0.2, 0.25) is 0 Å². The highest BCUT2D eigenvalue weighted by Gasteiger charge is 2.27. The molecule has 1 aliphatic carbocycles. The molecular weight excluding hydrogens is 248 g/mol. The molecular formula is C16H20N4. The molecule has 0 radical (unpaired) electrons. The zero-order valence-corrected chi connectivity index (χ0v) is 12.0. The molecule has 2 unspecified atom stereocenters. The molecule has 0 saturated heterocycles. The van der Waals surface area contributed by atoms with E-state index in [1.807, 2.05) is 12.1 Å². The Bertz CT molecular complexity index is 670. The van der Waals surface area contributed by atoms with Crippen LogP contribution in [-0.4, -0.2) is 9.55 Å². The summed E-state index contributed by atoms with van der Waals surface area (Å²) in [5, 5.41) is 9.08. The predicted octanol–water partition coefficient (Wildman–Crippen LogP) is 3.49. The van der Waals surface area contributed by atoms with Crippen LogP contribution in [0.25, 0.3) is 11.0 Å². The smallest absolute Gasteiger partial charge is 0.201 e. The summed E-state index contributed by atoms with van der Waals surface area (Å²) in [5.74, 6) is 1.99. The van der Waals surface area contributed by atoms with Gasteiger partial charge in [-0.05, 0) is 49.3 Å². The average Bonchev–Trinajstić information content (AvgIpc) is 2.72. The number of nitrogens with zero attached hydrogens (tertiary/aromatic N) is 3. The van der Waals surface area contributed by atoms with Crippen LogP contribution in [0.15, 0.2) is 18.2 Å². The first kappa shape index (κ1) is 13.0. The summed E-state index contributed by atoms with van der Waals surface area (Å²) >= 11 is 0. The van der Waals surface area contributed by atoms with Crippen molar-refractivity contribution >= 4 is 17.0 Å². The molecule has 1 aliphatic rings. The van der Waals surface area contributed by atoms with Gasteiger partial charge in [0.25, 0.3) is 0 Å². The highest BCUT2D eigenvalue weighted by molar-refractivity contribution is 5.80. The predicted molar refractivity (Wildman–Crippen MR) is 80.1 cm³/mol. The summed E-state index contributed by atoms with van der Waals surface area (Å²) in [6, 6.07) is 8.18. The van der Waals surface area contributed by atoms with E-state index < -0.39 is 0 Å². The van der Waals surface area contributed by atoms with Crippen molar-refractivity contribution in [3.8, 4) is 6.07 Å². The number of anilines is 1. The maximum atomic E-state index is 9.08. The van der Waals surface area contributed by atoms with Crippen molar-refractivity contribution < 1.29 is 0 Å². The van der Waals surface area contributed by atoms with Gasteiger partial charge in [-0.1, -0.05) is 13.8 Å². The van der Waals surface area contributed by atoms with Crippen LogP contribution in [0.1, 0.15) is 44.7 Å². The normalized spacial score (nSPS) is 26.6. The Hall–Kier alpha value is -2.02. The van der Waals surface area contributed by atoms with Crippen LogP contribution in [-0.2, 0) is 0 Å². The molecule has 2 aromatic rings. The number of rotatable bonds is 1. The van der Waals surface area contributed by atoms with Crippen molar-refractivity contribution in [1.82, 2.24) is 9.55 Å². The zero-order valence-electron chi connectivity index (χ0n) is 12.0. The van der Waals surface area contributed by atoms with Gasteiger partial charge in [-0.15, -0.1) is 0 Å². The third kappa shape index (κ3) is 2.14. The lowest BCUT2D eigenvalue weighted by Crippen LogP contribution is -2.23. The van der Waals surface area contributed by atoms with Gasteiger partial charge < -0.3 is 10.3 Å². The van der Waals surface area contributed by atoms with Crippen LogP contribution in [0.5, 0.6) is 0 Å². The number of benzene rings is 1. The molecule has 2 N–H and O–H groups in total. The second-order valence-corrected chi connectivity index (χ2v) is 6.23. The fraction of sp³-hybridized carbons (Fsp3) is 0.500. The van der Waals surface area contributed by atoms with Crippen molar-refractivity contribution in [3.05, 3.63) is 23.8 Å². The molecule has 1 aromatic heterocycles. The Morgan fingerprint density at radius 2 is 1.95 bits per heavy atom. The van der Waals surface area contributed by atoms with E-state index in [1.54, 1.807) is 6.07 Å². The molecule has 1 aromatic carbocycles. The van der Waals surface area contributed by atoms with Gasteiger partial charge in [0.2, 0.25) is 5.95 Å². The Morgan fingerprint density at radius 1 is 1.25 bits per heavy atom. The Morgan fingerprint density at radius 3 is 2.60 bits per heavy atom. The molecule has 104 valence electrons. The second kappa shape index (κ2) is 4.82. The average molecular weight is 268 g/mol. The largest absolute Gasteiger partial charge is 0.369 e. The lowest BCUT2D eigenvalue weighted by molar-refractivity contribution is 0.226. The van der Waals surface area contributed by atoms with E-state index >= 15 is 0 Å². The standard InChI is InChI=1S/C16H20N4/c1-10-5-11(2)7-13(6-10)20-15-8-12(9-17)3-4-14(15)19-16(20)18/h3-4,8,10-11,13H,5-7H2,1-2H3,(H2,18,19). The lowest BCUT2D eigenvalue weighted by Gasteiger charge is -2.33. The van der Waals surface area contributed by atoms with Gasteiger partial charge in [0.05, 0.1) is 22.7 Å². The molecule has 1 fully saturated rings. The van der Waals surface area contributed by atoms with E-state index in [4.69, 9.17) is 11.0 Å². The first-order chi connectivity index (χ1) is 9.58. The summed E-state index contributed by atoms with van der Waals surface area (Å²) in [5.41, 5.74) is 8.67. The molecule has 4 nitrogen and oxygen atoms in total. The van der Waals surface area contributed by atoms with Crippen molar-refractivity contribution in [3.63, 3.8) is 0 Å². The number of imidazole rings is 1. The zero-order chi connectivity index (χ0) is 14.3. The number of fused-ring (bicyclic) bond motifs is 1. The van der Waals surface area contributed by atoms with Crippen LogP contribution in [0.4, 0.5) is 5.95 Å². The van der Waals surface area contributed by atoms with Gasteiger partial charge in [-0.2, -0.15) is 5.26 Å². The second-order valence-electron chi connectivity index (χ2n) is 6.23. The summed E-state index contributed by atoms with van der Waals surface area (Å²) in [7, 11) is 0. The van der Waals surface area contributed by atoms with Crippen LogP contribution in [0, 0.1) is 23.2 Å². The fourth-order valence-corrected chi connectivity index (χ4v) is 3.68. The minimum Gasteiger partial charge on any atom is -0.369 e. The van der Waals surface area contributed by atoms with Gasteiger partial charge >= 0.3 is 0 Å². The van der Waals surface area contributed by atoms with E-state index in [2.05, 4.69) is 29.5 Å². The first-order valence-electron chi connectivity index (χ1n) is 7.26. The third-order valence-electron chi connectivity index (χ3n) is 4.36. The van der Waals surface area contributed by atoms with Crippen LogP contribution in [0.3, 0.4) is 0 Å². The van der Waals surface area contributed by atoms with Gasteiger partial charge in [0.15, 0.2) is 0 Å². The molecule has 4 heteroatoms. The minimum absolute atomic E-state index is 0.396. The summed E-state index contributed by atoms with van der Waals surface area (Å²) < 4.78 is 2.14. The van der Waals surface area contributed by atoms with E-state index in [0.717, 1.165) is 23.9 Å². The van der Waals surface area contributed by atoms with Gasteiger partial charge in [-0.3, -0.25) is 0 Å². The number of nitrogens with two attached hydrogens (primary N) is 1. The number of aromatic nitrogens is 2. The number of hydrogen-bond acceptors (Lipinski definition) is 3. The SMILES string of the molecule is CC1CC(C)CC(n2c(N)nc3ccc(C#N)cc32)C1. The van der Waals surface area contributed by atoms with Crippen molar-refractivity contribution in [2.24, 2.45) is 11.8 Å². The molecule has 0 amide bonds. The maximum absolute atomic E-state index is 9.08. The topological polar surface area (TPSA) is 67.6 Å². The molecule has 1 heterocycles. The van der Waals surface area contributed by atoms with Crippen molar-refractivity contribution in [2.45, 2.75) is 39.2 Å². The summed E-state index contributed by atoms with van der Waals surface area (Å²) in [6.45, 7) is 4.61. The summed E-state index contributed by atoms with van der Waals surface area (Å²) in [6.07, 6.45) is 3.56. The summed E-state index contributed by atoms with van der Waals surface area (Å²) in [4.78, 5) is 4.45. The van der Waals surface area contributed by atoms with Gasteiger partial charge in [-0.25, -0.2) is 4.98 Å². The maximum Gasteiger partial charge on any atom is 0.201 e. The highest BCUT2D eigenvalue weighted by Crippen LogP contribution is 2.38. The van der Waals surface area contributed by atoms with E-state index in [-0.39, 0.29) is 0 Å². The number of nitriles is 1. The molecule has 3 rings (SSSR count). The Kier molecular flexibility index (Phi) is 3.13. The first-order valence-corrected chi connectivity index (χ1v) is 7.26. The van der Waals surface area contributed by atoms with Gasteiger partial charge in [0, 0.05) is 6.04 Å². The van der Waals surface area contributed by atoms with Crippen LogP contribution < -0.4 is 5.73 Å². The quantitative estimate of drug-likeness (QED) is 0.860. The molecule has 0 spiro atoms. The van der Waals surface area contributed by atoms with Crippen LogP contribution >= 0.6 is 0 Å². The minimum atomic E-state index is 0.396. The Labute approximate surface area is 119 Å². The highest BCUT2D eigenvalue weighted by atomic mass is 15.2. The number of nitrogen functional groups attached to an aromatic ring is 1. The Balaban J connectivity index is 2.10.